The molecule has 0 amide bonds. The number of aromatic nitrogens is 1. The Morgan fingerprint density at radius 1 is 1.47 bits per heavy atom. The molecule has 0 spiro atoms. The van der Waals surface area contributed by atoms with Crippen molar-refractivity contribution < 1.29 is 13.9 Å². The average molecular weight is 240 g/mol. The summed E-state index contributed by atoms with van der Waals surface area (Å²) in [4.78, 5) is 4.28. The molecule has 1 aliphatic rings. The minimum absolute atomic E-state index is 0.476. The molecule has 5 heteroatoms. The van der Waals surface area contributed by atoms with Gasteiger partial charge in [0.25, 0.3) is 0 Å². The number of oxazole rings is 1. The second kappa shape index (κ2) is 6.74. The summed E-state index contributed by atoms with van der Waals surface area (Å²) in [6.45, 7) is 3.82. The van der Waals surface area contributed by atoms with Crippen molar-refractivity contribution in [3.8, 4) is 0 Å². The lowest BCUT2D eigenvalue weighted by molar-refractivity contribution is 0.0803. The number of methoxy groups -OCH3 is 1. The van der Waals surface area contributed by atoms with Gasteiger partial charge in [0, 0.05) is 32.8 Å². The molecule has 0 radical (unpaired) electrons. The van der Waals surface area contributed by atoms with Gasteiger partial charge in [0.15, 0.2) is 0 Å². The molecule has 1 aliphatic heterocycles. The molecule has 2 rings (SSSR count). The lowest BCUT2D eigenvalue weighted by atomic mass is 9.98. The number of nitrogens with zero attached hydrogens (tertiary/aromatic N) is 1. The Kier molecular flexibility index (Phi) is 4.97. The van der Waals surface area contributed by atoms with E-state index in [0.29, 0.717) is 19.1 Å². The Morgan fingerprint density at radius 2 is 2.29 bits per heavy atom. The molecular weight excluding hydrogens is 220 g/mol. The number of nitrogens with one attached hydrogen (secondary N) is 1. The average Bonchev–Trinajstić information content (AvgIpc) is 2.85. The van der Waals surface area contributed by atoms with E-state index in [2.05, 4.69) is 10.3 Å². The zero-order chi connectivity index (χ0) is 11.9. The van der Waals surface area contributed by atoms with Crippen molar-refractivity contribution >= 4 is 0 Å². The molecular formula is C12H20N2O3. The molecule has 17 heavy (non-hydrogen) atoms. The molecule has 0 atom stereocenters. The zero-order valence-corrected chi connectivity index (χ0v) is 10.3. The largest absolute Gasteiger partial charge is 0.444 e. The van der Waals surface area contributed by atoms with Crippen LogP contribution in [0.25, 0.3) is 0 Å². The van der Waals surface area contributed by atoms with Crippen LogP contribution in [-0.4, -0.2) is 38.5 Å². The highest BCUT2D eigenvalue weighted by molar-refractivity contribution is 5.02. The Labute approximate surface area is 102 Å². The number of ether oxygens (including phenoxy) is 2. The summed E-state index contributed by atoms with van der Waals surface area (Å²) in [7, 11) is 1.69. The van der Waals surface area contributed by atoms with Gasteiger partial charge >= 0.3 is 0 Å². The van der Waals surface area contributed by atoms with Crippen molar-refractivity contribution in [2.45, 2.75) is 25.3 Å². The normalized spacial score (nSPS) is 17.5. The molecule has 96 valence electrons. The number of hydrogen-bond acceptors (Lipinski definition) is 5. The van der Waals surface area contributed by atoms with Gasteiger partial charge in [-0.2, -0.15) is 0 Å². The Morgan fingerprint density at radius 3 is 3.06 bits per heavy atom. The molecule has 1 aromatic rings. The van der Waals surface area contributed by atoms with Gasteiger partial charge in [-0.1, -0.05) is 0 Å². The van der Waals surface area contributed by atoms with Crippen LogP contribution in [-0.2, 0) is 16.0 Å². The van der Waals surface area contributed by atoms with Crippen LogP contribution < -0.4 is 5.32 Å². The summed E-state index contributed by atoms with van der Waals surface area (Å²) in [5.41, 5.74) is 0. The third-order valence-electron chi connectivity index (χ3n) is 2.95. The fraction of sp³-hybridized carbons (Fsp3) is 0.750. The van der Waals surface area contributed by atoms with Crippen molar-refractivity contribution in [1.82, 2.24) is 10.3 Å². The van der Waals surface area contributed by atoms with E-state index >= 15 is 0 Å². The van der Waals surface area contributed by atoms with Gasteiger partial charge in [-0.05, 0) is 12.8 Å². The molecule has 0 unspecified atom stereocenters. The first-order chi connectivity index (χ1) is 8.40. The van der Waals surface area contributed by atoms with Gasteiger partial charge in [-0.25, -0.2) is 4.98 Å². The smallest absolute Gasteiger partial charge is 0.208 e. The van der Waals surface area contributed by atoms with E-state index in [1.807, 2.05) is 6.20 Å². The van der Waals surface area contributed by atoms with Gasteiger partial charge in [-0.3, -0.25) is 0 Å². The molecule has 5 nitrogen and oxygen atoms in total. The third-order valence-corrected chi connectivity index (χ3v) is 2.95. The van der Waals surface area contributed by atoms with Gasteiger partial charge in [0.05, 0.1) is 19.3 Å². The van der Waals surface area contributed by atoms with Gasteiger partial charge < -0.3 is 19.2 Å². The molecule has 1 aromatic heterocycles. The monoisotopic (exact) mass is 240 g/mol. The van der Waals surface area contributed by atoms with Gasteiger partial charge in [0.2, 0.25) is 5.89 Å². The lowest BCUT2D eigenvalue weighted by Gasteiger charge is -2.19. The highest BCUT2D eigenvalue weighted by Crippen LogP contribution is 2.27. The first-order valence-corrected chi connectivity index (χ1v) is 6.12. The summed E-state index contributed by atoms with van der Waals surface area (Å²) in [6, 6.07) is 0. The van der Waals surface area contributed by atoms with Gasteiger partial charge in [-0.15, -0.1) is 0 Å². The third kappa shape index (κ3) is 3.80. The van der Waals surface area contributed by atoms with Crippen molar-refractivity contribution in [2.24, 2.45) is 0 Å². The number of rotatable bonds is 6. The van der Waals surface area contributed by atoms with E-state index in [-0.39, 0.29) is 0 Å². The van der Waals surface area contributed by atoms with Crippen LogP contribution in [0.5, 0.6) is 0 Å². The number of hydrogen-bond donors (Lipinski definition) is 1. The Hall–Kier alpha value is -0.910. The van der Waals surface area contributed by atoms with Crippen LogP contribution in [0.4, 0.5) is 0 Å². The SMILES string of the molecule is COCCNCc1ncc(C2CCOCC2)o1. The molecule has 0 bridgehead atoms. The topological polar surface area (TPSA) is 56.5 Å². The van der Waals surface area contributed by atoms with Crippen LogP contribution in [0, 0.1) is 0 Å². The lowest BCUT2D eigenvalue weighted by Crippen LogP contribution is -2.18. The molecule has 1 fully saturated rings. The van der Waals surface area contributed by atoms with E-state index in [4.69, 9.17) is 13.9 Å². The molecule has 0 aliphatic carbocycles. The van der Waals surface area contributed by atoms with Crippen molar-refractivity contribution in [3.63, 3.8) is 0 Å². The van der Waals surface area contributed by atoms with Crippen LogP contribution in [0.15, 0.2) is 10.6 Å². The summed E-state index contributed by atoms with van der Waals surface area (Å²) < 4.78 is 16.0. The molecule has 1 N–H and O–H groups in total. The van der Waals surface area contributed by atoms with E-state index in [9.17, 15) is 0 Å². The van der Waals surface area contributed by atoms with Crippen molar-refractivity contribution in [1.29, 1.82) is 0 Å². The maximum absolute atomic E-state index is 5.73. The summed E-state index contributed by atoms with van der Waals surface area (Å²) >= 11 is 0. The first kappa shape index (κ1) is 12.5. The molecule has 0 saturated carbocycles. The quantitative estimate of drug-likeness (QED) is 0.760. The minimum atomic E-state index is 0.476. The fourth-order valence-electron chi connectivity index (χ4n) is 1.95. The summed E-state index contributed by atoms with van der Waals surface area (Å²) in [5.74, 6) is 2.23. The Balaban J connectivity index is 1.78. The standard InChI is InChI=1S/C12H20N2O3/c1-15-7-4-13-9-12-14-8-11(17-12)10-2-5-16-6-3-10/h8,10,13H,2-7,9H2,1H3. The molecule has 0 aromatic carbocycles. The second-order valence-corrected chi connectivity index (χ2v) is 4.21. The predicted octanol–water partition coefficient (Wildman–Crippen LogP) is 1.30. The van der Waals surface area contributed by atoms with Crippen LogP contribution in [0.1, 0.15) is 30.4 Å². The van der Waals surface area contributed by atoms with Crippen molar-refractivity contribution in [3.05, 3.63) is 17.8 Å². The van der Waals surface area contributed by atoms with E-state index in [1.165, 1.54) is 0 Å². The predicted molar refractivity (Wildman–Crippen MR) is 62.9 cm³/mol. The summed E-state index contributed by atoms with van der Waals surface area (Å²) in [6.07, 6.45) is 3.92. The maximum atomic E-state index is 5.73. The maximum Gasteiger partial charge on any atom is 0.208 e. The fourth-order valence-corrected chi connectivity index (χ4v) is 1.95. The second-order valence-electron chi connectivity index (χ2n) is 4.21. The summed E-state index contributed by atoms with van der Waals surface area (Å²) in [5, 5.41) is 3.21. The van der Waals surface area contributed by atoms with Gasteiger partial charge in [0.1, 0.15) is 5.76 Å². The van der Waals surface area contributed by atoms with Crippen molar-refractivity contribution in [2.75, 3.05) is 33.5 Å². The van der Waals surface area contributed by atoms with Crippen LogP contribution in [0.2, 0.25) is 0 Å². The Bertz CT molecular complexity index is 321. The zero-order valence-electron chi connectivity index (χ0n) is 10.3. The van der Waals surface area contributed by atoms with Crippen LogP contribution in [0.3, 0.4) is 0 Å². The van der Waals surface area contributed by atoms with E-state index in [1.54, 1.807) is 7.11 Å². The highest BCUT2D eigenvalue weighted by atomic mass is 16.5. The highest BCUT2D eigenvalue weighted by Gasteiger charge is 2.19. The molecule has 1 saturated heterocycles. The van der Waals surface area contributed by atoms with Crippen LogP contribution >= 0.6 is 0 Å². The molecule has 2 heterocycles. The first-order valence-electron chi connectivity index (χ1n) is 6.12. The van der Waals surface area contributed by atoms with E-state index < -0.39 is 0 Å². The van der Waals surface area contributed by atoms with E-state index in [0.717, 1.165) is 44.3 Å². The minimum Gasteiger partial charge on any atom is -0.444 e.